The standard InChI is InChI=1S/C28H31N4O6P/c1-4-35-26-17-24-23(16-25(26)32-27(33)18-39(34,36-5-2)37-6-3)28(30-19-29-24)31-20-12-14-22(15-13-20)38-21-10-8-7-9-11-21/h7-17,19H,4-6,18H2,1-3H3,(H,32,33)(H,29,30,31). The van der Waals surface area contributed by atoms with Crippen LogP contribution in [-0.2, 0) is 18.4 Å². The number of nitrogens with zero attached hydrogens (tertiary/aromatic N) is 2. The lowest BCUT2D eigenvalue weighted by Crippen LogP contribution is -2.19. The van der Waals surface area contributed by atoms with Crippen molar-refractivity contribution >= 4 is 41.6 Å². The third-order valence-electron chi connectivity index (χ3n) is 5.40. The number of hydrogen-bond acceptors (Lipinski definition) is 9. The zero-order valence-corrected chi connectivity index (χ0v) is 22.9. The van der Waals surface area contributed by atoms with Crippen molar-refractivity contribution in [3.8, 4) is 17.2 Å². The molecule has 39 heavy (non-hydrogen) atoms. The predicted octanol–water partition coefficient (Wildman–Crippen LogP) is 6.77. The van der Waals surface area contributed by atoms with Crippen LogP contribution in [-0.4, -0.2) is 41.9 Å². The Morgan fingerprint density at radius 2 is 1.56 bits per heavy atom. The van der Waals surface area contributed by atoms with E-state index in [0.717, 1.165) is 11.4 Å². The normalized spacial score (nSPS) is 11.3. The second-order valence-electron chi connectivity index (χ2n) is 8.24. The van der Waals surface area contributed by atoms with E-state index in [2.05, 4.69) is 20.6 Å². The molecule has 10 nitrogen and oxygen atoms in total. The molecule has 0 atom stereocenters. The van der Waals surface area contributed by atoms with Gasteiger partial charge in [0.2, 0.25) is 5.91 Å². The molecule has 4 aromatic rings. The molecule has 0 aliphatic heterocycles. The zero-order chi connectivity index (χ0) is 27.7. The van der Waals surface area contributed by atoms with Gasteiger partial charge in [-0.05, 0) is 63.2 Å². The van der Waals surface area contributed by atoms with E-state index in [9.17, 15) is 9.36 Å². The largest absolute Gasteiger partial charge is 0.492 e. The topological polar surface area (TPSA) is 121 Å². The zero-order valence-electron chi connectivity index (χ0n) is 22.0. The molecule has 204 valence electrons. The number of anilines is 3. The highest BCUT2D eigenvalue weighted by Gasteiger charge is 2.28. The molecule has 1 heterocycles. The van der Waals surface area contributed by atoms with Gasteiger partial charge in [0.25, 0.3) is 0 Å². The van der Waals surface area contributed by atoms with Gasteiger partial charge in [-0.15, -0.1) is 0 Å². The molecule has 4 rings (SSSR count). The maximum absolute atomic E-state index is 12.9. The summed E-state index contributed by atoms with van der Waals surface area (Å²) in [4.78, 5) is 21.6. The second-order valence-corrected chi connectivity index (χ2v) is 10.3. The van der Waals surface area contributed by atoms with Gasteiger partial charge in [0.15, 0.2) is 0 Å². The van der Waals surface area contributed by atoms with Crippen LogP contribution in [0, 0.1) is 0 Å². The van der Waals surface area contributed by atoms with Crippen LogP contribution in [0.25, 0.3) is 10.9 Å². The van der Waals surface area contributed by atoms with Gasteiger partial charge in [-0.2, -0.15) is 0 Å². The smallest absolute Gasteiger partial charge is 0.340 e. The Balaban J connectivity index is 1.57. The van der Waals surface area contributed by atoms with Gasteiger partial charge in [0.05, 0.1) is 31.0 Å². The number of aromatic nitrogens is 2. The summed E-state index contributed by atoms with van der Waals surface area (Å²) < 4.78 is 35.0. The molecule has 3 aromatic carbocycles. The Kier molecular flexibility index (Phi) is 9.49. The maximum atomic E-state index is 12.9. The van der Waals surface area contributed by atoms with Gasteiger partial charge in [-0.1, -0.05) is 18.2 Å². The van der Waals surface area contributed by atoms with E-state index >= 15 is 0 Å². The van der Waals surface area contributed by atoms with Crippen molar-refractivity contribution < 1.29 is 27.9 Å². The molecule has 0 spiro atoms. The summed E-state index contributed by atoms with van der Waals surface area (Å²) in [6, 6.07) is 20.4. The van der Waals surface area contributed by atoms with Gasteiger partial charge in [-0.25, -0.2) is 9.97 Å². The average molecular weight is 551 g/mol. The minimum atomic E-state index is -3.57. The molecule has 2 N–H and O–H groups in total. The maximum Gasteiger partial charge on any atom is 0.340 e. The molecule has 1 amide bonds. The monoisotopic (exact) mass is 550 g/mol. The van der Waals surface area contributed by atoms with E-state index in [1.807, 2.05) is 61.5 Å². The van der Waals surface area contributed by atoms with Crippen LogP contribution >= 0.6 is 7.60 Å². The van der Waals surface area contributed by atoms with Crippen molar-refractivity contribution in [1.29, 1.82) is 0 Å². The van der Waals surface area contributed by atoms with Crippen molar-refractivity contribution in [2.75, 3.05) is 36.6 Å². The van der Waals surface area contributed by atoms with E-state index < -0.39 is 19.7 Å². The van der Waals surface area contributed by atoms with E-state index in [-0.39, 0.29) is 13.2 Å². The number of benzene rings is 3. The molecule has 0 saturated heterocycles. The van der Waals surface area contributed by atoms with Crippen molar-refractivity contribution in [3.05, 3.63) is 73.1 Å². The fourth-order valence-electron chi connectivity index (χ4n) is 3.81. The number of rotatable bonds is 13. The van der Waals surface area contributed by atoms with E-state index in [1.165, 1.54) is 6.33 Å². The summed E-state index contributed by atoms with van der Waals surface area (Å²) in [6.45, 7) is 5.93. The number of amides is 1. The Morgan fingerprint density at radius 3 is 2.23 bits per heavy atom. The Morgan fingerprint density at radius 1 is 0.872 bits per heavy atom. The third-order valence-corrected chi connectivity index (χ3v) is 7.37. The van der Waals surface area contributed by atoms with Crippen LogP contribution in [0.1, 0.15) is 20.8 Å². The highest BCUT2D eigenvalue weighted by atomic mass is 31.2. The van der Waals surface area contributed by atoms with Crippen LogP contribution < -0.4 is 20.1 Å². The quantitative estimate of drug-likeness (QED) is 0.174. The van der Waals surface area contributed by atoms with Crippen LogP contribution in [0.5, 0.6) is 17.2 Å². The summed E-state index contributed by atoms with van der Waals surface area (Å²) in [7, 11) is -3.57. The van der Waals surface area contributed by atoms with Gasteiger partial charge in [0.1, 0.15) is 35.6 Å². The summed E-state index contributed by atoms with van der Waals surface area (Å²) >= 11 is 0. The fraction of sp³-hybridized carbons (Fsp3) is 0.250. The molecule has 11 heteroatoms. The Hall–Kier alpha value is -3.98. The number of carbonyl (C=O) groups excluding carboxylic acids is 1. The van der Waals surface area contributed by atoms with Crippen molar-refractivity contribution in [2.45, 2.75) is 20.8 Å². The highest BCUT2D eigenvalue weighted by molar-refractivity contribution is 7.54. The summed E-state index contributed by atoms with van der Waals surface area (Å²) in [5.41, 5.74) is 1.79. The third kappa shape index (κ3) is 7.54. The molecule has 1 aromatic heterocycles. The average Bonchev–Trinajstić information content (AvgIpc) is 2.91. The molecule has 0 unspecified atom stereocenters. The predicted molar refractivity (Wildman–Crippen MR) is 151 cm³/mol. The van der Waals surface area contributed by atoms with Gasteiger partial charge in [-0.3, -0.25) is 9.36 Å². The second kappa shape index (κ2) is 13.2. The van der Waals surface area contributed by atoms with Crippen molar-refractivity contribution in [1.82, 2.24) is 9.97 Å². The first-order valence-corrected chi connectivity index (χ1v) is 14.3. The first kappa shape index (κ1) is 28.0. The van der Waals surface area contributed by atoms with E-state index in [1.54, 1.807) is 26.0 Å². The van der Waals surface area contributed by atoms with Crippen LogP contribution in [0.2, 0.25) is 0 Å². The SMILES string of the molecule is CCOc1cc2ncnc(Nc3ccc(Oc4ccccc4)cc3)c2cc1NC(=O)CP(=O)(OCC)OCC. The number of hydrogen-bond donors (Lipinski definition) is 2. The number of ether oxygens (including phenoxy) is 2. The number of carbonyl (C=O) groups is 1. The molecule has 0 aliphatic rings. The van der Waals surface area contributed by atoms with Crippen LogP contribution in [0.3, 0.4) is 0 Å². The minimum Gasteiger partial charge on any atom is -0.492 e. The molecular weight excluding hydrogens is 519 g/mol. The molecule has 0 fully saturated rings. The van der Waals surface area contributed by atoms with E-state index in [4.69, 9.17) is 18.5 Å². The van der Waals surface area contributed by atoms with Gasteiger partial charge < -0.3 is 29.2 Å². The molecule has 0 bridgehead atoms. The lowest BCUT2D eigenvalue weighted by molar-refractivity contribution is -0.114. The number of nitrogens with one attached hydrogen (secondary N) is 2. The highest BCUT2D eigenvalue weighted by Crippen LogP contribution is 2.48. The molecule has 0 radical (unpaired) electrons. The summed E-state index contributed by atoms with van der Waals surface area (Å²) in [5.74, 6) is 1.87. The fourth-order valence-corrected chi connectivity index (χ4v) is 5.29. The summed E-state index contributed by atoms with van der Waals surface area (Å²) in [5, 5.41) is 6.73. The molecule has 0 saturated carbocycles. The lowest BCUT2D eigenvalue weighted by atomic mass is 10.2. The van der Waals surface area contributed by atoms with Gasteiger partial charge in [0, 0.05) is 17.1 Å². The lowest BCUT2D eigenvalue weighted by Gasteiger charge is -2.18. The molecule has 0 aliphatic carbocycles. The Bertz CT molecular complexity index is 1440. The van der Waals surface area contributed by atoms with Crippen LogP contribution in [0.15, 0.2) is 73.1 Å². The minimum absolute atomic E-state index is 0.163. The van der Waals surface area contributed by atoms with Gasteiger partial charge >= 0.3 is 7.60 Å². The first-order valence-electron chi connectivity index (χ1n) is 12.6. The molecular formula is C28H31N4O6P. The first-order chi connectivity index (χ1) is 18.9. The number of para-hydroxylation sites is 1. The summed E-state index contributed by atoms with van der Waals surface area (Å²) in [6.07, 6.45) is 1.03. The van der Waals surface area contributed by atoms with Crippen molar-refractivity contribution in [3.63, 3.8) is 0 Å². The Labute approximate surface area is 227 Å². The van der Waals surface area contributed by atoms with Crippen LogP contribution in [0.4, 0.5) is 17.2 Å². The van der Waals surface area contributed by atoms with Crippen molar-refractivity contribution in [2.24, 2.45) is 0 Å². The number of fused-ring (bicyclic) bond motifs is 1. The van der Waals surface area contributed by atoms with E-state index in [0.29, 0.717) is 40.5 Å².